The Kier molecular flexibility index (Phi) is 5.89. The number of benzene rings is 1. The number of H-pyrrole nitrogens is 1. The van der Waals surface area contributed by atoms with Crippen molar-refractivity contribution < 1.29 is 4.79 Å². The molecule has 1 amide bonds. The van der Waals surface area contributed by atoms with Gasteiger partial charge in [0.05, 0.1) is 6.17 Å². The van der Waals surface area contributed by atoms with Crippen molar-refractivity contribution in [3.63, 3.8) is 0 Å². The van der Waals surface area contributed by atoms with Crippen LogP contribution in [0, 0.1) is 0 Å². The third-order valence-electron chi connectivity index (χ3n) is 6.61. The number of fused-ring (bicyclic) bond motifs is 1. The predicted octanol–water partition coefficient (Wildman–Crippen LogP) is 4.39. The first-order valence-corrected chi connectivity index (χ1v) is 11.7. The van der Waals surface area contributed by atoms with Crippen molar-refractivity contribution in [1.82, 2.24) is 19.8 Å². The van der Waals surface area contributed by atoms with Crippen molar-refractivity contribution in [1.29, 1.82) is 0 Å². The smallest absolute Gasteiger partial charge is 0.223 e. The molecule has 0 spiro atoms. The Morgan fingerprint density at radius 1 is 1.12 bits per heavy atom. The van der Waals surface area contributed by atoms with Gasteiger partial charge in [-0.15, -0.1) is 0 Å². The van der Waals surface area contributed by atoms with E-state index in [-0.39, 0.29) is 12.1 Å². The van der Waals surface area contributed by atoms with Crippen molar-refractivity contribution in [3.05, 3.63) is 65.5 Å². The Morgan fingerprint density at radius 2 is 1.94 bits per heavy atom. The van der Waals surface area contributed by atoms with Gasteiger partial charge in [0, 0.05) is 68.2 Å². The summed E-state index contributed by atoms with van der Waals surface area (Å²) in [6.45, 7) is 6.10. The first kappa shape index (κ1) is 21.0. The third kappa shape index (κ3) is 4.00. The van der Waals surface area contributed by atoms with Gasteiger partial charge in [0.1, 0.15) is 11.0 Å². The number of nitrogens with zero attached hydrogens (tertiary/aromatic N) is 4. The van der Waals surface area contributed by atoms with Crippen LogP contribution in [0.4, 0.5) is 5.82 Å². The maximum absolute atomic E-state index is 12.8. The number of hydrogen-bond donors (Lipinski definition) is 1. The number of anilines is 1. The SMILES string of the molecule is CCC(=O)N1CC=C(c2c[nH]c3ccccc23)CC1N1CCN(c2cccc(Cl)n2)CC1. The average Bonchev–Trinajstić information content (AvgIpc) is 3.27. The van der Waals surface area contributed by atoms with Crippen molar-refractivity contribution in [2.24, 2.45) is 0 Å². The minimum atomic E-state index is 0.0746. The number of para-hydroxylation sites is 1. The van der Waals surface area contributed by atoms with Gasteiger partial charge < -0.3 is 14.8 Å². The fourth-order valence-corrected chi connectivity index (χ4v) is 5.06. The lowest BCUT2D eigenvalue weighted by atomic mass is 9.95. The van der Waals surface area contributed by atoms with Gasteiger partial charge >= 0.3 is 0 Å². The summed E-state index contributed by atoms with van der Waals surface area (Å²) in [5.74, 6) is 1.13. The van der Waals surface area contributed by atoms with Crippen LogP contribution in [0.5, 0.6) is 0 Å². The summed E-state index contributed by atoms with van der Waals surface area (Å²) in [6, 6.07) is 14.2. The summed E-state index contributed by atoms with van der Waals surface area (Å²) in [6.07, 6.45) is 5.77. The largest absolute Gasteiger partial charge is 0.361 e. The number of piperazine rings is 1. The summed E-state index contributed by atoms with van der Waals surface area (Å²) in [5, 5.41) is 1.76. The lowest BCUT2D eigenvalue weighted by Gasteiger charge is -2.46. The molecule has 3 aromatic rings. The van der Waals surface area contributed by atoms with Crippen LogP contribution in [0.25, 0.3) is 16.5 Å². The van der Waals surface area contributed by atoms with Crippen molar-refractivity contribution >= 4 is 39.8 Å². The van der Waals surface area contributed by atoms with E-state index in [9.17, 15) is 4.79 Å². The van der Waals surface area contributed by atoms with Crippen LogP contribution >= 0.6 is 11.6 Å². The van der Waals surface area contributed by atoms with Gasteiger partial charge in [0.25, 0.3) is 0 Å². The molecule has 2 aliphatic heterocycles. The minimum absolute atomic E-state index is 0.0746. The number of pyridine rings is 1. The molecule has 6 nitrogen and oxygen atoms in total. The number of rotatable bonds is 4. The molecule has 2 aliphatic rings. The quantitative estimate of drug-likeness (QED) is 0.600. The van der Waals surface area contributed by atoms with E-state index < -0.39 is 0 Å². The number of hydrogen-bond acceptors (Lipinski definition) is 4. The van der Waals surface area contributed by atoms with Crippen LogP contribution < -0.4 is 4.90 Å². The molecule has 4 heterocycles. The molecule has 32 heavy (non-hydrogen) atoms. The molecule has 7 heteroatoms. The van der Waals surface area contributed by atoms with Crippen LogP contribution in [0.15, 0.2) is 54.7 Å². The van der Waals surface area contributed by atoms with Gasteiger partial charge in [0.15, 0.2) is 0 Å². The van der Waals surface area contributed by atoms with Crippen LogP contribution in [0.3, 0.4) is 0 Å². The molecular formula is C25H28ClN5O. The van der Waals surface area contributed by atoms with Gasteiger partial charge in [-0.3, -0.25) is 9.69 Å². The van der Waals surface area contributed by atoms with E-state index in [1.807, 2.05) is 24.0 Å². The summed E-state index contributed by atoms with van der Waals surface area (Å²) in [4.78, 5) is 27.4. The summed E-state index contributed by atoms with van der Waals surface area (Å²) < 4.78 is 0. The monoisotopic (exact) mass is 449 g/mol. The molecule has 2 aromatic heterocycles. The normalized spacial score (nSPS) is 19.9. The maximum atomic E-state index is 12.8. The molecule has 5 rings (SSSR count). The van der Waals surface area contributed by atoms with E-state index in [1.54, 1.807) is 6.07 Å². The van der Waals surface area contributed by atoms with Crippen molar-refractivity contribution in [2.45, 2.75) is 25.9 Å². The zero-order valence-electron chi connectivity index (χ0n) is 18.3. The first-order valence-electron chi connectivity index (χ1n) is 11.3. The van der Waals surface area contributed by atoms with E-state index in [2.05, 4.69) is 56.3 Å². The van der Waals surface area contributed by atoms with Crippen LogP contribution in [0.2, 0.25) is 5.15 Å². The highest BCUT2D eigenvalue weighted by Crippen LogP contribution is 2.33. The maximum Gasteiger partial charge on any atom is 0.223 e. The molecule has 0 saturated carbocycles. The summed E-state index contributed by atoms with van der Waals surface area (Å²) in [5.41, 5.74) is 3.71. The molecule has 0 radical (unpaired) electrons. The summed E-state index contributed by atoms with van der Waals surface area (Å²) in [7, 11) is 0. The second-order valence-corrected chi connectivity index (χ2v) is 8.79. The molecule has 1 saturated heterocycles. The Morgan fingerprint density at radius 3 is 2.72 bits per heavy atom. The number of aromatic nitrogens is 2. The third-order valence-corrected chi connectivity index (χ3v) is 6.83. The Hall–Kier alpha value is -2.83. The Labute approximate surface area is 193 Å². The van der Waals surface area contributed by atoms with Crippen LogP contribution in [-0.2, 0) is 4.79 Å². The zero-order chi connectivity index (χ0) is 22.1. The lowest BCUT2D eigenvalue weighted by molar-refractivity contribution is -0.137. The Bertz CT molecular complexity index is 1150. The van der Waals surface area contributed by atoms with Gasteiger partial charge in [0.2, 0.25) is 5.91 Å². The van der Waals surface area contributed by atoms with E-state index in [0.717, 1.165) is 43.9 Å². The molecule has 0 bridgehead atoms. The van der Waals surface area contributed by atoms with Crippen molar-refractivity contribution in [2.75, 3.05) is 37.6 Å². The fourth-order valence-electron chi connectivity index (χ4n) is 4.90. The van der Waals surface area contributed by atoms with Crippen molar-refractivity contribution in [3.8, 4) is 0 Å². The number of halogens is 1. The van der Waals surface area contributed by atoms with Gasteiger partial charge in [-0.05, 0) is 23.8 Å². The molecule has 1 atom stereocenters. The van der Waals surface area contributed by atoms with E-state index in [1.165, 1.54) is 16.5 Å². The predicted molar refractivity (Wildman–Crippen MR) is 130 cm³/mol. The zero-order valence-corrected chi connectivity index (χ0v) is 19.1. The number of nitrogens with one attached hydrogen (secondary N) is 1. The molecular weight excluding hydrogens is 422 g/mol. The second kappa shape index (κ2) is 8.96. The molecule has 1 N–H and O–H groups in total. The summed E-state index contributed by atoms with van der Waals surface area (Å²) >= 11 is 6.09. The number of amides is 1. The standard InChI is InChI=1S/C25H28ClN5O/c1-2-25(32)31-11-10-18(20-17-27-21-7-4-3-6-19(20)21)16-24(31)30-14-12-29(13-15-30)23-9-5-8-22(26)28-23/h3-10,17,24,27H,2,11-16H2,1H3. The molecule has 1 aromatic carbocycles. The van der Waals surface area contributed by atoms with Gasteiger partial charge in [-0.25, -0.2) is 4.98 Å². The van der Waals surface area contributed by atoms with Crippen LogP contribution in [-0.4, -0.2) is 64.6 Å². The molecule has 1 fully saturated rings. The minimum Gasteiger partial charge on any atom is -0.361 e. The average molecular weight is 450 g/mol. The van der Waals surface area contributed by atoms with Gasteiger partial charge in [-0.2, -0.15) is 0 Å². The highest BCUT2D eigenvalue weighted by molar-refractivity contribution is 6.29. The molecule has 1 unspecified atom stereocenters. The second-order valence-electron chi connectivity index (χ2n) is 8.40. The highest BCUT2D eigenvalue weighted by Gasteiger charge is 2.34. The van der Waals surface area contributed by atoms with E-state index in [4.69, 9.17) is 11.6 Å². The van der Waals surface area contributed by atoms with Crippen LogP contribution in [0.1, 0.15) is 25.3 Å². The lowest BCUT2D eigenvalue weighted by Crippen LogP contribution is -2.58. The van der Waals surface area contributed by atoms with E-state index >= 15 is 0 Å². The molecule has 166 valence electrons. The van der Waals surface area contributed by atoms with E-state index in [0.29, 0.717) is 18.1 Å². The van der Waals surface area contributed by atoms with Gasteiger partial charge in [-0.1, -0.05) is 48.9 Å². The first-order chi connectivity index (χ1) is 15.6. The Balaban J connectivity index is 1.36. The fraction of sp³-hybridized carbons (Fsp3) is 0.360. The number of carbonyl (C=O) groups excluding carboxylic acids is 1. The topological polar surface area (TPSA) is 55.5 Å². The molecule has 0 aliphatic carbocycles. The number of carbonyl (C=O) groups is 1. The highest BCUT2D eigenvalue weighted by atomic mass is 35.5. The number of aromatic amines is 1.